The normalized spacial score (nSPS) is 15.1. The molecule has 0 heterocycles. The van der Waals surface area contributed by atoms with Gasteiger partial charge in [-0.2, -0.15) is 0 Å². The molecule has 0 amide bonds. The van der Waals surface area contributed by atoms with Crippen LogP contribution in [0.3, 0.4) is 0 Å². The summed E-state index contributed by atoms with van der Waals surface area (Å²) in [5, 5.41) is 0. The molecule has 0 saturated heterocycles. The van der Waals surface area contributed by atoms with Crippen molar-refractivity contribution in [3.05, 3.63) is 29.8 Å². The van der Waals surface area contributed by atoms with Gasteiger partial charge in [0.25, 0.3) is 0 Å². The summed E-state index contributed by atoms with van der Waals surface area (Å²) in [6.07, 6.45) is 1.99. The minimum atomic E-state index is -0.920. The van der Waals surface area contributed by atoms with E-state index >= 15 is 0 Å². The lowest BCUT2D eigenvalue weighted by molar-refractivity contribution is 0.677. The number of alkyl halides is 1. The zero-order valence-corrected chi connectivity index (χ0v) is 10.9. The van der Waals surface area contributed by atoms with Crippen LogP contribution in [0.4, 0.5) is 0 Å². The number of rotatable bonds is 4. The second-order valence-corrected chi connectivity index (χ2v) is 6.66. The standard InChI is InChI=1S/C11H15BrOS/c1-3-4-11(12)14(13)10-7-5-9(2)6-8-10/h5-8,11H,3-4H2,1-2H3. The van der Waals surface area contributed by atoms with Crippen molar-refractivity contribution in [3.8, 4) is 0 Å². The summed E-state index contributed by atoms with van der Waals surface area (Å²) in [6.45, 7) is 4.13. The first-order valence-corrected chi connectivity index (χ1v) is 6.89. The third-order valence-electron chi connectivity index (χ3n) is 2.00. The van der Waals surface area contributed by atoms with Crippen molar-refractivity contribution < 1.29 is 4.21 Å². The van der Waals surface area contributed by atoms with Gasteiger partial charge in [0, 0.05) is 4.90 Å². The number of aryl methyl sites for hydroxylation is 1. The van der Waals surface area contributed by atoms with Gasteiger partial charge >= 0.3 is 0 Å². The van der Waals surface area contributed by atoms with Crippen molar-refractivity contribution in [2.75, 3.05) is 0 Å². The predicted octanol–water partition coefficient (Wildman–Crippen LogP) is 3.62. The molecule has 2 unspecified atom stereocenters. The van der Waals surface area contributed by atoms with Crippen LogP contribution >= 0.6 is 15.9 Å². The van der Waals surface area contributed by atoms with Crippen LogP contribution in [0.2, 0.25) is 0 Å². The van der Waals surface area contributed by atoms with E-state index in [0.717, 1.165) is 17.7 Å². The fraction of sp³-hybridized carbons (Fsp3) is 0.455. The van der Waals surface area contributed by atoms with E-state index < -0.39 is 10.8 Å². The highest BCUT2D eigenvalue weighted by atomic mass is 79.9. The van der Waals surface area contributed by atoms with Crippen molar-refractivity contribution in [1.29, 1.82) is 0 Å². The molecule has 0 saturated carbocycles. The largest absolute Gasteiger partial charge is 0.253 e. The molecule has 1 aromatic rings. The van der Waals surface area contributed by atoms with Crippen LogP contribution in [-0.4, -0.2) is 8.37 Å². The summed E-state index contributed by atoms with van der Waals surface area (Å²) in [6, 6.07) is 7.88. The van der Waals surface area contributed by atoms with Crippen molar-refractivity contribution in [3.63, 3.8) is 0 Å². The van der Waals surface area contributed by atoms with E-state index in [1.807, 2.05) is 31.2 Å². The first kappa shape index (κ1) is 11.9. The minimum Gasteiger partial charge on any atom is -0.253 e. The first-order chi connectivity index (χ1) is 6.65. The number of hydrogen-bond acceptors (Lipinski definition) is 1. The molecule has 0 radical (unpaired) electrons. The van der Waals surface area contributed by atoms with Crippen LogP contribution in [0.15, 0.2) is 29.2 Å². The van der Waals surface area contributed by atoms with Gasteiger partial charge in [-0.25, -0.2) is 0 Å². The molecular weight excluding hydrogens is 260 g/mol. The maximum atomic E-state index is 11.9. The van der Waals surface area contributed by atoms with E-state index in [0.29, 0.717) is 0 Å². The molecule has 2 atom stereocenters. The summed E-state index contributed by atoms with van der Waals surface area (Å²) in [5.74, 6) is 0. The maximum Gasteiger partial charge on any atom is 0.0945 e. The molecule has 0 N–H and O–H groups in total. The van der Waals surface area contributed by atoms with Gasteiger partial charge in [-0.05, 0) is 25.5 Å². The second-order valence-electron chi connectivity index (χ2n) is 3.31. The monoisotopic (exact) mass is 274 g/mol. The summed E-state index contributed by atoms with van der Waals surface area (Å²) in [5.41, 5.74) is 1.20. The van der Waals surface area contributed by atoms with Crippen LogP contribution in [-0.2, 0) is 10.8 Å². The van der Waals surface area contributed by atoms with E-state index in [1.165, 1.54) is 5.56 Å². The second kappa shape index (κ2) is 5.66. The molecule has 0 fully saturated rings. The van der Waals surface area contributed by atoms with E-state index in [9.17, 15) is 4.21 Å². The average Bonchev–Trinajstić information content (AvgIpc) is 2.18. The molecule has 0 aliphatic carbocycles. The fourth-order valence-corrected chi connectivity index (χ4v) is 3.41. The zero-order valence-electron chi connectivity index (χ0n) is 8.50. The van der Waals surface area contributed by atoms with Gasteiger partial charge in [-0.15, -0.1) is 0 Å². The van der Waals surface area contributed by atoms with Gasteiger partial charge in [0.1, 0.15) is 0 Å². The third-order valence-corrected chi connectivity index (χ3v) is 4.91. The van der Waals surface area contributed by atoms with Gasteiger partial charge in [0.05, 0.1) is 15.0 Å². The molecule has 3 heteroatoms. The lowest BCUT2D eigenvalue weighted by Gasteiger charge is -2.08. The summed E-state index contributed by atoms with van der Waals surface area (Å²) < 4.78 is 12.0. The van der Waals surface area contributed by atoms with Crippen molar-refractivity contribution in [2.24, 2.45) is 0 Å². The number of halogens is 1. The predicted molar refractivity (Wildman–Crippen MR) is 65.2 cm³/mol. The molecule has 0 bridgehead atoms. The molecule has 0 spiro atoms. The Morgan fingerprint density at radius 1 is 1.36 bits per heavy atom. The Bertz CT molecular complexity index is 308. The van der Waals surface area contributed by atoms with Gasteiger partial charge in [-0.3, -0.25) is 4.21 Å². The average molecular weight is 275 g/mol. The Morgan fingerprint density at radius 3 is 2.43 bits per heavy atom. The van der Waals surface area contributed by atoms with E-state index in [-0.39, 0.29) is 4.16 Å². The molecule has 1 rings (SSSR count). The fourth-order valence-electron chi connectivity index (χ4n) is 1.15. The smallest absolute Gasteiger partial charge is 0.0945 e. The molecule has 1 nitrogen and oxygen atoms in total. The Hall–Kier alpha value is -0.150. The Kier molecular flexibility index (Phi) is 4.82. The molecule has 14 heavy (non-hydrogen) atoms. The van der Waals surface area contributed by atoms with Crippen LogP contribution < -0.4 is 0 Å². The van der Waals surface area contributed by atoms with E-state index in [4.69, 9.17) is 0 Å². The number of hydrogen-bond donors (Lipinski definition) is 0. The number of benzene rings is 1. The zero-order chi connectivity index (χ0) is 10.6. The molecule has 1 aromatic carbocycles. The quantitative estimate of drug-likeness (QED) is 0.767. The molecule has 0 aliphatic rings. The van der Waals surface area contributed by atoms with Crippen LogP contribution in [0.25, 0.3) is 0 Å². The SMILES string of the molecule is CCCC(Br)S(=O)c1ccc(C)cc1. The highest BCUT2D eigenvalue weighted by Gasteiger charge is 2.13. The van der Waals surface area contributed by atoms with Gasteiger partial charge in [-0.1, -0.05) is 47.0 Å². The molecular formula is C11H15BrOS. The molecule has 0 aliphatic heterocycles. The lowest BCUT2D eigenvalue weighted by atomic mass is 10.2. The third kappa shape index (κ3) is 3.21. The van der Waals surface area contributed by atoms with Crippen molar-refractivity contribution in [1.82, 2.24) is 0 Å². The summed E-state index contributed by atoms with van der Waals surface area (Å²) in [4.78, 5) is 0.908. The maximum absolute atomic E-state index is 11.9. The minimum absolute atomic E-state index is 0.0789. The van der Waals surface area contributed by atoms with Crippen molar-refractivity contribution in [2.45, 2.75) is 35.7 Å². The van der Waals surface area contributed by atoms with E-state index in [1.54, 1.807) is 0 Å². The van der Waals surface area contributed by atoms with Crippen molar-refractivity contribution >= 4 is 26.7 Å². The van der Waals surface area contributed by atoms with E-state index in [2.05, 4.69) is 22.9 Å². The van der Waals surface area contributed by atoms with Gasteiger partial charge in [0.15, 0.2) is 0 Å². The van der Waals surface area contributed by atoms with Gasteiger partial charge < -0.3 is 0 Å². The molecule has 78 valence electrons. The van der Waals surface area contributed by atoms with Gasteiger partial charge in [0.2, 0.25) is 0 Å². The first-order valence-electron chi connectivity index (χ1n) is 4.76. The Balaban J connectivity index is 2.74. The topological polar surface area (TPSA) is 17.1 Å². The summed E-state index contributed by atoms with van der Waals surface area (Å²) in [7, 11) is -0.920. The Labute approximate surface area is 96.5 Å². The highest BCUT2D eigenvalue weighted by molar-refractivity contribution is 9.11. The van der Waals surface area contributed by atoms with Crippen LogP contribution in [0.5, 0.6) is 0 Å². The van der Waals surface area contributed by atoms with Crippen LogP contribution in [0, 0.1) is 6.92 Å². The lowest BCUT2D eigenvalue weighted by Crippen LogP contribution is -2.06. The highest BCUT2D eigenvalue weighted by Crippen LogP contribution is 2.20. The molecule has 0 aromatic heterocycles. The Morgan fingerprint density at radius 2 is 1.93 bits per heavy atom. The van der Waals surface area contributed by atoms with Crippen LogP contribution in [0.1, 0.15) is 25.3 Å². The summed E-state index contributed by atoms with van der Waals surface area (Å²) >= 11 is 3.46.